The second kappa shape index (κ2) is 4.48. The van der Waals surface area contributed by atoms with Gasteiger partial charge in [-0.25, -0.2) is 17.4 Å². The van der Waals surface area contributed by atoms with E-state index < -0.39 is 10.0 Å². The highest BCUT2D eigenvalue weighted by Crippen LogP contribution is 2.02. The molecule has 1 aromatic heterocycles. The van der Waals surface area contributed by atoms with E-state index in [0.29, 0.717) is 5.82 Å². The molecule has 0 aliphatic heterocycles. The van der Waals surface area contributed by atoms with Crippen LogP contribution in [-0.4, -0.2) is 42.1 Å². The molecule has 0 bridgehead atoms. The van der Waals surface area contributed by atoms with Gasteiger partial charge >= 0.3 is 0 Å². The van der Waals surface area contributed by atoms with Crippen LogP contribution >= 0.6 is 0 Å². The predicted molar refractivity (Wildman–Crippen MR) is 59.0 cm³/mol. The van der Waals surface area contributed by atoms with Crippen LogP contribution < -0.4 is 0 Å². The van der Waals surface area contributed by atoms with Gasteiger partial charge < -0.3 is 4.90 Å². The van der Waals surface area contributed by atoms with Gasteiger partial charge in [0.2, 0.25) is 10.0 Å². The molecule has 1 rings (SSSR count). The van der Waals surface area contributed by atoms with Crippen LogP contribution in [0.3, 0.4) is 0 Å². The van der Waals surface area contributed by atoms with Crippen LogP contribution in [0.25, 0.3) is 0 Å². The Kier molecular flexibility index (Phi) is 3.52. The number of aromatic nitrogens is 2. The molecule has 0 unspecified atom stereocenters. The van der Waals surface area contributed by atoms with E-state index in [4.69, 9.17) is 0 Å². The summed E-state index contributed by atoms with van der Waals surface area (Å²) in [4.78, 5) is 5.66. The van der Waals surface area contributed by atoms with Crippen LogP contribution in [0.15, 0.2) is 24.7 Å². The van der Waals surface area contributed by atoms with E-state index in [1.165, 1.54) is 16.4 Å². The number of rotatable bonds is 4. The number of aryl methyl sites for hydroxylation is 1. The molecule has 0 amide bonds. The van der Waals surface area contributed by atoms with Crippen LogP contribution in [-0.2, 0) is 10.0 Å². The smallest absolute Gasteiger partial charge is 0.243 e. The Bertz CT molecular complexity index is 446. The molecule has 0 saturated heterocycles. The van der Waals surface area contributed by atoms with Crippen molar-refractivity contribution in [1.29, 1.82) is 0 Å². The maximum absolute atomic E-state index is 11.7. The molecule has 0 N–H and O–H groups in total. The van der Waals surface area contributed by atoms with Gasteiger partial charge in [-0.1, -0.05) is 6.08 Å². The third-order valence-corrected chi connectivity index (χ3v) is 3.39. The summed E-state index contributed by atoms with van der Waals surface area (Å²) in [6.45, 7) is 1.66. The fourth-order valence-electron chi connectivity index (χ4n) is 1.12. The molecule has 5 nitrogen and oxygen atoms in total. The number of hydrogen-bond donors (Lipinski definition) is 0. The first-order chi connectivity index (χ1) is 6.93. The lowest BCUT2D eigenvalue weighted by Gasteiger charge is -2.06. The lowest BCUT2D eigenvalue weighted by molar-refractivity contribution is 0.561. The van der Waals surface area contributed by atoms with E-state index in [1.807, 2.05) is 14.1 Å². The third-order valence-electron chi connectivity index (χ3n) is 1.79. The summed E-state index contributed by atoms with van der Waals surface area (Å²) in [5.41, 5.74) is 0. The monoisotopic (exact) mass is 229 g/mol. The average Bonchev–Trinajstić information content (AvgIpc) is 2.50. The number of hydrogen-bond acceptors (Lipinski definition) is 4. The maximum atomic E-state index is 11.7. The minimum atomic E-state index is -3.30. The lowest BCUT2D eigenvalue weighted by atomic mass is 10.6. The zero-order valence-corrected chi connectivity index (χ0v) is 9.90. The summed E-state index contributed by atoms with van der Waals surface area (Å²) >= 11 is 0. The first-order valence-corrected chi connectivity index (χ1v) is 6.10. The van der Waals surface area contributed by atoms with Gasteiger partial charge in [-0.15, -0.1) is 0 Å². The number of nitrogens with zero attached hydrogens (tertiary/aromatic N) is 3. The van der Waals surface area contributed by atoms with Gasteiger partial charge in [0.05, 0.1) is 5.75 Å². The Morgan fingerprint density at radius 1 is 1.53 bits per heavy atom. The summed E-state index contributed by atoms with van der Waals surface area (Å²) in [7, 11) is 0.375. The summed E-state index contributed by atoms with van der Waals surface area (Å²) in [5.74, 6) is 0.454. The Hall–Kier alpha value is -1.30. The van der Waals surface area contributed by atoms with Gasteiger partial charge in [0.1, 0.15) is 5.82 Å². The molecule has 0 radical (unpaired) electrons. The van der Waals surface area contributed by atoms with Gasteiger partial charge in [-0.05, 0) is 13.1 Å². The quantitative estimate of drug-likeness (QED) is 0.752. The molecule has 6 heteroatoms. The van der Waals surface area contributed by atoms with E-state index >= 15 is 0 Å². The van der Waals surface area contributed by atoms with E-state index in [2.05, 4.69) is 4.98 Å². The van der Waals surface area contributed by atoms with Gasteiger partial charge in [-0.2, -0.15) is 0 Å². The minimum Gasteiger partial charge on any atom is -0.384 e. The van der Waals surface area contributed by atoms with Crippen molar-refractivity contribution >= 4 is 10.0 Å². The maximum Gasteiger partial charge on any atom is 0.243 e. The molecule has 0 aliphatic rings. The SMILES string of the molecule is Cc1nccn1S(=O)(=O)CC=CN(C)C. The van der Waals surface area contributed by atoms with Crippen molar-refractivity contribution in [2.75, 3.05) is 19.8 Å². The lowest BCUT2D eigenvalue weighted by Crippen LogP contribution is -2.16. The van der Waals surface area contributed by atoms with Crippen molar-refractivity contribution in [2.24, 2.45) is 0 Å². The van der Waals surface area contributed by atoms with E-state index in [-0.39, 0.29) is 5.75 Å². The second-order valence-corrected chi connectivity index (χ2v) is 5.29. The molecular formula is C9H15N3O2S. The minimum absolute atomic E-state index is 0.0254. The van der Waals surface area contributed by atoms with Crippen molar-refractivity contribution in [3.8, 4) is 0 Å². The molecule has 84 valence electrons. The highest BCUT2D eigenvalue weighted by Gasteiger charge is 2.12. The molecule has 1 heterocycles. The van der Waals surface area contributed by atoms with Crippen molar-refractivity contribution in [1.82, 2.24) is 13.9 Å². The molecule has 0 aromatic carbocycles. The third kappa shape index (κ3) is 3.09. The van der Waals surface area contributed by atoms with Crippen molar-refractivity contribution < 1.29 is 8.42 Å². The van der Waals surface area contributed by atoms with Crippen LogP contribution in [0, 0.1) is 6.92 Å². The van der Waals surface area contributed by atoms with Crippen LogP contribution in [0.2, 0.25) is 0 Å². The molecule has 0 spiro atoms. The second-order valence-electron chi connectivity index (χ2n) is 3.40. The van der Waals surface area contributed by atoms with E-state index in [9.17, 15) is 8.42 Å². The topological polar surface area (TPSA) is 55.2 Å². The fraction of sp³-hybridized carbons (Fsp3) is 0.444. The fourth-order valence-corrected chi connectivity index (χ4v) is 2.30. The van der Waals surface area contributed by atoms with Crippen LogP contribution in [0.1, 0.15) is 5.82 Å². The normalized spacial score (nSPS) is 12.2. The molecule has 15 heavy (non-hydrogen) atoms. The van der Waals surface area contributed by atoms with Crippen molar-refractivity contribution in [3.63, 3.8) is 0 Å². The average molecular weight is 229 g/mol. The summed E-state index contributed by atoms with van der Waals surface area (Å²) < 4.78 is 24.7. The van der Waals surface area contributed by atoms with Gasteiger partial charge in [-0.3, -0.25) is 0 Å². The van der Waals surface area contributed by atoms with Crippen molar-refractivity contribution in [2.45, 2.75) is 6.92 Å². The molecule has 0 fully saturated rings. The number of imidazole rings is 1. The largest absolute Gasteiger partial charge is 0.384 e. The first kappa shape index (κ1) is 11.8. The first-order valence-electron chi connectivity index (χ1n) is 4.50. The molecule has 1 aromatic rings. The Balaban J connectivity index is 2.82. The van der Waals surface area contributed by atoms with E-state index in [0.717, 1.165) is 0 Å². The van der Waals surface area contributed by atoms with Crippen LogP contribution in [0.4, 0.5) is 0 Å². The van der Waals surface area contributed by atoms with E-state index in [1.54, 1.807) is 24.1 Å². The highest BCUT2D eigenvalue weighted by atomic mass is 32.2. The predicted octanol–water partition coefficient (Wildman–Crippen LogP) is 0.445. The molecule has 0 saturated carbocycles. The zero-order chi connectivity index (χ0) is 11.5. The summed E-state index contributed by atoms with van der Waals surface area (Å²) in [6.07, 6.45) is 6.25. The molecular weight excluding hydrogens is 214 g/mol. The molecule has 0 aliphatic carbocycles. The Morgan fingerprint density at radius 3 is 2.67 bits per heavy atom. The van der Waals surface area contributed by atoms with Crippen molar-refractivity contribution in [3.05, 3.63) is 30.5 Å². The standard InChI is InChI=1S/C9H15N3O2S/c1-9-10-5-7-12(9)15(13,14)8-4-6-11(2)3/h4-7H,8H2,1-3H3. The Labute approximate surface area is 90.1 Å². The van der Waals surface area contributed by atoms with Gasteiger partial charge in [0.25, 0.3) is 0 Å². The van der Waals surface area contributed by atoms with Gasteiger partial charge in [0, 0.05) is 26.5 Å². The summed E-state index contributed by atoms with van der Waals surface area (Å²) in [6, 6.07) is 0. The zero-order valence-electron chi connectivity index (χ0n) is 9.08. The summed E-state index contributed by atoms with van der Waals surface area (Å²) in [5, 5.41) is 0. The Morgan fingerprint density at radius 2 is 2.20 bits per heavy atom. The van der Waals surface area contributed by atoms with Crippen LogP contribution in [0.5, 0.6) is 0 Å². The van der Waals surface area contributed by atoms with Gasteiger partial charge in [0.15, 0.2) is 0 Å². The highest BCUT2D eigenvalue weighted by molar-refractivity contribution is 7.90. The molecule has 0 atom stereocenters.